The van der Waals surface area contributed by atoms with E-state index in [1.54, 1.807) is 0 Å². The van der Waals surface area contributed by atoms with Gasteiger partial charge in [-0.1, -0.05) is 0 Å². The number of esters is 1. The van der Waals surface area contributed by atoms with Gasteiger partial charge in [0.2, 0.25) is 0 Å². The van der Waals surface area contributed by atoms with Crippen LogP contribution in [0.1, 0.15) is 32.6 Å². The molecular weight excluding hydrogens is 192 g/mol. The summed E-state index contributed by atoms with van der Waals surface area (Å²) in [5.41, 5.74) is 0. The van der Waals surface area contributed by atoms with Crippen LogP contribution >= 0.6 is 0 Å². The van der Waals surface area contributed by atoms with E-state index >= 15 is 0 Å². The van der Waals surface area contributed by atoms with Gasteiger partial charge in [0.1, 0.15) is 6.04 Å². The maximum Gasteiger partial charge on any atom is 0.323 e. The monoisotopic (exact) mass is 210 g/mol. The van der Waals surface area contributed by atoms with Crippen LogP contribution in [0.2, 0.25) is 0 Å². The first-order chi connectivity index (χ1) is 7.29. The Morgan fingerprint density at radius 3 is 3.13 bits per heavy atom. The van der Waals surface area contributed by atoms with E-state index in [0.717, 1.165) is 32.4 Å². The van der Waals surface area contributed by atoms with E-state index in [1.807, 2.05) is 6.92 Å². The minimum Gasteiger partial charge on any atom is -0.465 e. The number of hydrogen-bond donors (Lipinski definition) is 0. The average Bonchev–Trinajstić information content (AvgIpc) is 2.67. The molecule has 0 aromatic heterocycles. The molecule has 0 aliphatic carbocycles. The molecule has 0 N–H and O–H groups in total. The van der Waals surface area contributed by atoms with Gasteiger partial charge in [0, 0.05) is 6.42 Å². The van der Waals surface area contributed by atoms with Crippen LogP contribution in [0, 0.1) is 11.3 Å². The number of hydrogen-bond acceptors (Lipinski definition) is 4. The van der Waals surface area contributed by atoms with Gasteiger partial charge in [-0.3, -0.25) is 9.69 Å². The topological polar surface area (TPSA) is 53.3 Å². The van der Waals surface area contributed by atoms with Crippen molar-refractivity contribution in [2.45, 2.75) is 38.6 Å². The van der Waals surface area contributed by atoms with E-state index in [4.69, 9.17) is 10.00 Å². The summed E-state index contributed by atoms with van der Waals surface area (Å²) in [6.07, 6.45) is 3.35. The van der Waals surface area contributed by atoms with Gasteiger partial charge in [-0.05, 0) is 39.3 Å². The van der Waals surface area contributed by atoms with Crippen molar-refractivity contribution in [3.8, 4) is 6.07 Å². The summed E-state index contributed by atoms with van der Waals surface area (Å²) in [7, 11) is 0. The van der Waals surface area contributed by atoms with Crippen LogP contribution in [0.5, 0.6) is 0 Å². The first-order valence-electron chi connectivity index (χ1n) is 5.57. The quantitative estimate of drug-likeness (QED) is 0.507. The third kappa shape index (κ3) is 3.52. The van der Waals surface area contributed by atoms with Crippen molar-refractivity contribution in [3.63, 3.8) is 0 Å². The lowest BCUT2D eigenvalue weighted by molar-refractivity contribution is -0.148. The number of ether oxygens (including phenoxy) is 1. The molecule has 1 saturated heterocycles. The molecule has 1 aliphatic heterocycles. The van der Waals surface area contributed by atoms with E-state index < -0.39 is 0 Å². The number of likely N-dealkylation sites (tertiary alicyclic amines) is 1. The van der Waals surface area contributed by atoms with Crippen LogP contribution in [0.3, 0.4) is 0 Å². The van der Waals surface area contributed by atoms with E-state index in [-0.39, 0.29) is 12.0 Å². The summed E-state index contributed by atoms with van der Waals surface area (Å²) < 4.78 is 5.02. The zero-order chi connectivity index (χ0) is 11.1. The molecular formula is C11H18N2O2. The van der Waals surface area contributed by atoms with Gasteiger partial charge in [-0.2, -0.15) is 5.26 Å². The molecule has 1 aliphatic rings. The molecule has 84 valence electrons. The Balaban J connectivity index is 2.36. The predicted octanol–water partition coefficient (Wildman–Crippen LogP) is 1.32. The summed E-state index contributed by atoms with van der Waals surface area (Å²) in [6.45, 7) is 4.06. The van der Waals surface area contributed by atoms with Crippen LogP contribution in [0.25, 0.3) is 0 Å². The highest BCUT2D eigenvalue weighted by Crippen LogP contribution is 2.18. The lowest BCUT2D eigenvalue weighted by Gasteiger charge is -2.21. The van der Waals surface area contributed by atoms with Crippen LogP contribution < -0.4 is 0 Å². The summed E-state index contributed by atoms with van der Waals surface area (Å²) in [4.78, 5) is 13.7. The third-order valence-corrected chi connectivity index (χ3v) is 2.66. The van der Waals surface area contributed by atoms with Crippen molar-refractivity contribution >= 4 is 5.97 Å². The molecule has 1 unspecified atom stereocenters. The van der Waals surface area contributed by atoms with Crippen molar-refractivity contribution in [1.82, 2.24) is 4.90 Å². The zero-order valence-electron chi connectivity index (χ0n) is 9.24. The van der Waals surface area contributed by atoms with Gasteiger partial charge in [0.05, 0.1) is 12.7 Å². The fourth-order valence-corrected chi connectivity index (χ4v) is 1.96. The summed E-state index contributed by atoms with van der Waals surface area (Å²) in [5.74, 6) is -0.105. The van der Waals surface area contributed by atoms with Gasteiger partial charge >= 0.3 is 5.97 Å². The molecule has 4 heteroatoms. The molecule has 1 rings (SSSR count). The highest BCUT2D eigenvalue weighted by molar-refractivity contribution is 5.76. The summed E-state index contributed by atoms with van der Waals surface area (Å²) in [5, 5.41) is 8.44. The Bertz CT molecular complexity index is 247. The lowest BCUT2D eigenvalue weighted by atomic mass is 10.2. The molecule has 0 aromatic rings. The minimum absolute atomic E-state index is 0.0661. The number of rotatable bonds is 5. The normalized spacial score (nSPS) is 21.2. The Labute approximate surface area is 90.8 Å². The lowest BCUT2D eigenvalue weighted by Crippen LogP contribution is -2.37. The molecule has 1 fully saturated rings. The summed E-state index contributed by atoms with van der Waals surface area (Å²) in [6, 6.07) is 2.05. The molecule has 15 heavy (non-hydrogen) atoms. The van der Waals surface area contributed by atoms with Crippen LogP contribution in [-0.2, 0) is 9.53 Å². The Morgan fingerprint density at radius 2 is 2.47 bits per heavy atom. The first-order valence-corrected chi connectivity index (χ1v) is 5.57. The van der Waals surface area contributed by atoms with Crippen molar-refractivity contribution in [2.75, 3.05) is 19.7 Å². The second kappa shape index (κ2) is 6.41. The number of carbonyl (C=O) groups excluding carboxylic acids is 1. The maximum atomic E-state index is 11.6. The molecule has 1 atom stereocenters. The van der Waals surface area contributed by atoms with Crippen molar-refractivity contribution in [3.05, 3.63) is 0 Å². The van der Waals surface area contributed by atoms with Gasteiger partial charge in [0.25, 0.3) is 0 Å². The number of nitriles is 1. The van der Waals surface area contributed by atoms with Crippen molar-refractivity contribution in [2.24, 2.45) is 0 Å². The van der Waals surface area contributed by atoms with E-state index in [1.165, 1.54) is 0 Å². The first kappa shape index (κ1) is 12.0. The smallest absolute Gasteiger partial charge is 0.323 e. The largest absolute Gasteiger partial charge is 0.465 e. The molecule has 4 nitrogen and oxygen atoms in total. The molecule has 0 amide bonds. The van der Waals surface area contributed by atoms with Crippen LogP contribution in [0.15, 0.2) is 0 Å². The minimum atomic E-state index is -0.105. The SMILES string of the molecule is CCOC(=O)C1CCCN1CCCC#N. The number of unbranched alkanes of at least 4 members (excludes halogenated alkanes) is 1. The Hall–Kier alpha value is -1.08. The Kier molecular flexibility index (Phi) is 5.13. The molecule has 0 aromatic carbocycles. The summed E-state index contributed by atoms with van der Waals surface area (Å²) >= 11 is 0. The van der Waals surface area contributed by atoms with Crippen LogP contribution in [-0.4, -0.2) is 36.6 Å². The molecule has 1 heterocycles. The van der Waals surface area contributed by atoms with Crippen molar-refractivity contribution < 1.29 is 9.53 Å². The zero-order valence-corrected chi connectivity index (χ0v) is 9.24. The van der Waals surface area contributed by atoms with Gasteiger partial charge in [-0.25, -0.2) is 0 Å². The van der Waals surface area contributed by atoms with Gasteiger partial charge in [0.15, 0.2) is 0 Å². The van der Waals surface area contributed by atoms with E-state index in [0.29, 0.717) is 13.0 Å². The average molecular weight is 210 g/mol. The molecule has 0 radical (unpaired) electrons. The van der Waals surface area contributed by atoms with Gasteiger partial charge < -0.3 is 4.74 Å². The number of carbonyl (C=O) groups is 1. The predicted molar refractivity (Wildman–Crippen MR) is 56.1 cm³/mol. The van der Waals surface area contributed by atoms with Crippen molar-refractivity contribution in [1.29, 1.82) is 5.26 Å². The maximum absolute atomic E-state index is 11.6. The highest BCUT2D eigenvalue weighted by Gasteiger charge is 2.30. The third-order valence-electron chi connectivity index (χ3n) is 2.66. The second-order valence-corrected chi connectivity index (χ2v) is 3.71. The highest BCUT2D eigenvalue weighted by atomic mass is 16.5. The van der Waals surface area contributed by atoms with E-state index in [2.05, 4.69) is 11.0 Å². The fraction of sp³-hybridized carbons (Fsp3) is 0.818. The van der Waals surface area contributed by atoms with Gasteiger partial charge in [-0.15, -0.1) is 0 Å². The van der Waals surface area contributed by atoms with Crippen LogP contribution in [0.4, 0.5) is 0 Å². The molecule has 0 saturated carbocycles. The Morgan fingerprint density at radius 1 is 1.67 bits per heavy atom. The fourth-order valence-electron chi connectivity index (χ4n) is 1.96. The second-order valence-electron chi connectivity index (χ2n) is 3.71. The molecule has 0 bridgehead atoms. The standard InChI is InChI=1S/C11H18N2O2/c1-2-15-11(14)10-6-5-9-13(10)8-4-3-7-12/h10H,2-6,8-9H2,1H3. The van der Waals surface area contributed by atoms with E-state index in [9.17, 15) is 4.79 Å². The number of nitrogens with zero attached hydrogens (tertiary/aromatic N) is 2. The molecule has 0 spiro atoms.